The predicted octanol–water partition coefficient (Wildman–Crippen LogP) is 1.86. The van der Waals surface area contributed by atoms with Gasteiger partial charge in [0.25, 0.3) is 6.43 Å². The lowest BCUT2D eigenvalue weighted by atomic mass is 10.1. The molecule has 0 unspecified atom stereocenters. The highest BCUT2D eigenvalue weighted by Gasteiger charge is 2.14. The third kappa shape index (κ3) is 4.58. The molecular formula is C13H20F2N2O. The zero-order valence-electron chi connectivity index (χ0n) is 10.6. The van der Waals surface area contributed by atoms with Gasteiger partial charge in [-0.1, -0.05) is 25.1 Å². The maximum atomic E-state index is 12.5. The van der Waals surface area contributed by atoms with Crippen molar-refractivity contribution in [3.8, 4) is 0 Å². The first kappa shape index (κ1) is 14.9. The molecule has 0 aliphatic rings. The van der Waals surface area contributed by atoms with Gasteiger partial charge in [0, 0.05) is 18.8 Å². The summed E-state index contributed by atoms with van der Waals surface area (Å²) in [5.74, 6) is 0. The number of aliphatic hydroxyl groups excluding tert-OH is 1. The summed E-state index contributed by atoms with van der Waals surface area (Å²) >= 11 is 0. The molecule has 0 bridgehead atoms. The Morgan fingerprint density at radius 2 is 2.06 bits per heavy atom. The molecule has 2 N–H and O–H groups in total. The van der Waals surface area contributed by atoms with E-state index in [4.69, 9.17) is 5.11 Å². The van der Waals surface area contributed by atoms with E-state index in [1.807, 2.05) is 31.2 Å². The fourth-order valence-corrected chi connectivity index (χ4v) is 1.83. The summed E-state index contributed by atoms with van der Waals surface area (Å²) in [6.07, 6.45) is -2.41. The van der Waals surface area contributed by atoms with Gasteiger partial charge in [-0.15, -0.1) is 0 Å². The van der Waals surface area contributed by atoms with Gasteiger partial charge >= 0.3 is 0 Å². The number of rotatable bonds is 8. The van der Waals surface area contributed by atoms with Crippen LogP contribution in [0.25, 0.3) is 0 Å². The van der Waals surface area contributed by atoms with E-state index in [9.17, 15) is 8.78 Å². The summed E-state index contributed by atoms with van der Waals surface area (Å²) in [6, 6.07) is 7.43. The van der Waals surface area contributed by atoms with E-state index >= 15 is 0 Å². The fraction of sp³-hybridized carbons (Fsp3) is 0.538. The molecule has 0 spiro atoms. The maximum absolute atomic E-state index is 12.5. The quantitative estimate of drug-likeness (QED) is 0.747. The van der Waals surface area contributed by atoms with Crippen molar-refractivity contribution in [1.29, 1.82) is 0 Å². The second kappa shape index (κ2) is 8.00. The number of nitrogens with zero attached hydrogens (tertiary/aromatic N) is 1. The zero-order valence-corrected chi connectivity index (χ0v) is 10.6. The predicted molar refractivity (Wildman–Crippen MR) is 69.1 cm³/mol. The molecule has 5 heteroatoms. The SMILES string of the molecule is CCNCc1ccccc1N(CCO)CC(F)F. The largest absolute Gasteiger partial charge is 0.395 e. The minimum atomic E-state index is -2.41. The highest BCUT2D eigenvalue weighted by Crippen LogP contribution is 2.21. The lowest BCUT2D eigenvalue weighted by Gasteiger charge is -2.26. The number of alkyl halides is 2. The molecule has 3 nitrogen and oxygen atoms in total. The van der Waals surface area contributed by atoms with Gasteiger partial charge < -0.3 is 15.3 Å². The number of benzene rings is 1. The van der Waals surface area contributed by atoms with E-state index in [-0.39, 0.29) is 19.7 Å². The molecular weight excluding hydrogens is 238 g/mol. The van der Waals surface area contributed by atoms with Crippen LogP contribution in [0, 0.1) is 0 Å². The first-order valence-electron chi connectivity index (χ1n) is 6.11. The van der Waals surface area contributed by atoms with Crippen molar-refractivity contribution >= 4 is 5.69 Å². The van der Waals surface area contributed by atoms with Crippen LogP contribution in [0.15, 0.2) is 24.3 Å². The van der Waals surface area contributed by atoms with Crippen LogP contribution < -0.4 is 10.2 Å². The highest BCUT2D eigenvalue weighted by molar-refractivity contribution is 5.53. The Balaban J connectivity index is 2.87. The summed E-state index contributed by atoms with van der Waals surface area (Å²) in [4.78, 5) is 1.53. The monoisotopic (exact) mass is 258 g/mol. The second-order valence-electron chi connectivity index (χ2n) is 3.97. The van der Waals surface area contributed by atoms with E-state index in [1.165, 1.54) is 4.90 Å². The molecule has 0 atom stereocenters. The van der Waals surface area contributed by atoms with Crippen molar-refractivity contribution in [3.05, 3.63) is 29.8 Å². The van der Waals surface area contributed by atoms with Crippen LogP contribution >= 0.6 is 0 Å². The molecule has 1 rings (SSSR count). The van der Waals surface area contributed by atoms with Gasteiger partial charge in [-0.05, 0) is 18.2 Å². The van der Waals surface area contributed by atoms with Gasteiger partial charge in [-0.3, -0.25) is 0 Å². The highest BCUT2D eigenvalue weighted by atomic mass is 19.3. The smallest absolute Gasteiger partial charge is 0.255 e. The number of hydrogen-bond donors (Lipinski definition) is 2. The van der Waals surface area contributed by atoms with Crippen molar-refractivity contribution in [2.24, 2.45) is 0 Å². The zero-order chi connectivity index (χ0) is 13.4. The van der Waals surface area contributed by atoms with Crippen molar-refractivity contribution in [2.75, 3.05) is 31.1 Å². The molecule has 18 heavy (non-hydrogen) atoms. The van der Waals surface area contributed by atoms with Gasteiger partial charge in [0.15, 0.2) is 0 Å². The van der Waals surface area contributed by atoms with Gasteiger partial charge in [0.1, 0.15) is 0 Å². The lowest BCUT2D eigenvalue weighted by molar-refractivity contribution is 0.152. The number of aliphatic hydroxyl groups is 1. The second-order valence-corrected chi connectivity index (χ2v) is 3.97. The molecule has 0 saturated heterocycles. The standard InChI is InChI=1S/C13H20F2N2O/c1-2-16-9-11-5-3-4-6-12(11)17(7-8-18)10-13(14)15/h3-6,13,16,18H,2,7-10H2,1H3. The average Bonchev–Trinajstić information content (AvgIpc) is 2.36. The molecule has 0 radical (unpaired) electrons. The third-order valence-electron chi connectivity index (χ3n) is 2.63. The van der Waals surface area contributed by atoms with Crippen LogP contribution in [-0.4, -0.2) is 37.8 Å². The molecule has 0 saturated carbocycles. The Bertz CT molecular complexity index is 348. The molecule has 0 amide bonds. The minimum Gasteiger partial charge on any atom is -0.395 e. The Kier molecular flexibility index (Phi) is 6.60. The van der Waals surface area contributed by atoms with E-state index in [2.05, 4.69) is 5.32 Å². The topological polar surface area (TPSA) is 35.5 Å². The summed E-state index contributed by atoms with van der Waals surface area (Å²) in [5, 5.41) is 12.2. The Morgan fingerprint density at radius 1 is 1.33 bits per heavy atom. The number of hydrogen-bond acceptors (Lipinski definition) is 3. The summed E-state index contributed by atoms with van der Waals surface area (Å²) in [6.45, 7) is 3.17. The molecule has 0 aliphatic heterocycles. The third-order valence-corrected chi connectivity index (χ3v) is 2.63. The van der Waals surface area contributed by atoms with E-state index in [1.54, 1.807) is 0 Å². The van der Waals surface area contributed by atoms with E-state index in [0.29, 0.717) is 6.54 Å². The number of anilines is 1. The average molecular weight is 258 g/mol. The first-order chi connectivity index (χ1) is 8.69. The van der Waals surface area contributed by atoms with Crippen LogP contribution in [0.2, 0.25) is 0 Å². The fourth-order valence-electron chi connectivity index (χ4n) is 1.83. The van der Waals surface area contributed by atoms with E-state index < -0.39 is 6.43 Å². The lowest BCUT2D eigenvalue weighted by Crippen LogP contribution is -2.32. The molecule has 1 aromatic rings. The van der Waals surface area contributed by atoms with Crippen molar-refractivity contribution in [2.45, 2.75) is 19.9 Å². The molecule has 0 aromatic heterocycles. The van der Waals surface area contributed by atoms with Crippen LogP contribution in [0.3, 0.4) is 0 Å². The molecule has 102 valence electrons. The summed E-state index contributed by atoms with van der Waals surface area (Å²) < 4.78 is 25.1. The minimum absolute atomic E-state index is 0.137. The normalized spacial score (nSPS) is 10.9. The van der Waals surface area contributed by atoms with Crippen LogP contribution in [-0.2, 0) is 6.54 Å². The van der Waals surface area contributed by atoms with Crippen molar-refractivity contribution in [3.63, 3.8) is 0 Å². The van der Waals surface area contributed by atoms with Gasteiger partial charge in [-0.2, -0.15) is 0 Å². The first-order valence-corrected chi connectivity index (χ1v) is 6.11. The maximum Gasteiger partial charge on any atom is 0.255 e. The molecule has 0 aliphatic carbocycles. The molecule has 0 fully saturated rings. The number of para-hydroxylation sites is 1. The van der Waals surface area contributed by atoms with Gasteiger partial charge in [0.05, 0.1) is 13.2 Å². The van der Waals surface area contributed by atoms with Crippen LogP contribution in [0.5, 0.6) is 0 Å². The van der Waals surface area contributed by atoms with Gasteiger partial charge in [-0.25, -0.2) is 8.78 Å². The Labute approximate surface area is 106 Å². The van der Waals surface area contributed by atoms with Crippen LogP contribution in [0.1, 0.15) is 12.5 Å². The number of nitrogens with one attached hydrogen (secondary N) is 1. The summed E-state index contributed by atoms with van der Waals surface area (Å²) in [5.41, 5.74) is 1.72. The summed E-state index contributed by atoms with van der Waals surface area (Å²) in [7, 11) is 0. The molecule has 1 aromatic carbocycles. The van der Waals surface area contributed by atoms with Crippen molar-refractivity contribution < 1.29 is 13.9 Å². The van der Waals surface area contributed by atoms with Gasteiger partial charge in [0.2, 0.25) is 0 Å². The van der Waals surface area contributed by atoms with Crippen LogP contribution in [0.4, 0.5) is 14.5 Å². The van der Waals surface area contributed by atoms with Crippen molar-refractivity contribution in [1.82, 2.24) is 5.32 Å². The molecule has 0 heterocycles. The van der Waals surface area contributed by atoms with E-state index in [0.717, 1.165) is 17.8 Å². The number of halogens is 2. The Morgan fingerprint density at radius 3 is 2.67 bits per heavy atom. The Hall–Kier alpha value is -1.20.